The summed E-state index contributed by atoms with van der Waals surface area (Å²) < 4.78 is 0. The highest BCUT2D eigenvalue weighted by Crippen LogP contribution is 2.23. The minimum atomic E-state index is -0.104. The van der Waals surface area contributed by atoms with Crippen LogP contribution in [0.1, 0.15) is 41.0 Å². The standard InChI is InChI=1S/C17H19N3O/c1-12(15-6-2-3-9-18-15)20-17(21)14-7-8-16-13(11-14)5-4-10-19-16/h2-3,6-9,11-12,19H,4-5,10H2,1H3,(H,20,21)/t12-/m1/s1. The number of fused-ring (bicyclic) bond motifs is 1. The Labute approximate surface area is 124 Å². The van der Waals surface area contributed by atoms with Crippen LogP contribution in [0.25, 0.3) is 0 Å². The predicted octanol–water partition coefficient (Wildman–Crippen LogP) is 2.93. The van der Waals surface area contributed by atoms with E-state index in [0.717, 1.165) is 30.8 Å². The van der Waals surface area contributed by atoms with Gasteiger partial charge in [0.25, 0.3) is 5.91 Å². The predicted molar refractivity (Wildman–Crippen MR) is 83.4 cm³/mol. The topological polar surface area (TPSA) is 54.0 Å². The Morgan fingerprint density at radius 2 is 2.24 bits per heavy atom. The van der Waals surface area contributed by atoms with Gasteiger partial charge in [-0.3, -0.25) is 9.78 Å². The Hall–Kier alpha value is -2.36. The van der Waals surface area contributed by atoms with E-state index in [4.69, 9.17) is 0 Å². The molecular formula is C17H19N3O. The number of aryl methyl sites for hydroxylation is 1. The maximum Gasteiger partial charge on any atom is 0.251 e. The quantitative estimate of drug-likeness (QED) is 0.909. The second-order valence-corrected chi connectivity index (χ2v) is 5.35. The van der Waals surface area contributed by atoms with Crippen molar-refractivity contribution in [2.75, 3.05) is 11.9 Å². The molecule has 1 atom stereocenters. The maximum atomic E-state index is 12.4. The normalized spacial score (nSPS) is 14.7. The summed E-state index contributed by atoms with van der Waals surface area (Å²) in [4.78, 5) is 16.6. The fraction of sp³-hybridized carbons (Fsp3) is 0.294. The van der Waals surface area contributed by atoms with Crippen LogP contribution >= 0.6 is 0 Å². The summed E-state index contributed by atoms with van der Waals surface area (Å²) in [5.74, 6) is -0.0541. The number of nitrogens with one attached hydrogen (secondary N) is 2. The Morgan fingerprint density at radius 3 is 3.05 bits per heavy atom. The zero-order chi connectivity index (χ0) is 14.7. The molecule has 2 N–H and O–H groups in total. The van der Waals surface area contributed by atoms with Gasteiger partial charge in [0.2, 0.25) is 0 Å². The fourth-order valence-corrected chi connectivity index (χ4v) is 2.60. The van der Waals surface area contributed by atoms with E-state index in [1.807, 2.05) is 43.3 Å². The Kier molecular flexibility index (Phi) is 3.86. The number of nitrogens with zero attached hydrogens (tertiary/aromatic N) is 1. The molecule has 2 heterocycles. The molecule has 21 heavy (non-hydrogen) atoms. The molecule has 2 aromatic rings. The molecule has 1 amide bonds. The second-order valence-electron chi connectivity index (χ2n) is 5.35. The third-order valence-corrected chi connectivity index (χ3v) is 3.78. The molecule has 1 aromatic heterocycles. The van der Waals surface area contributed by atoms with Crippen molar-refractivity contribution in [3.63, 3.8) is 0 Å². The van der Waals surface area contributed by atoms with E-state index >= 15 is 0 Å². The molecule has 108 valence electrons. The van der Waals surface area contributed by atoms with Gasteiger partial charge in [0.05, 0.1) is 11.7 Å². The number of pyridine rings is 1. The van der Waals surface area contributed by atoms with Crippen molar-refractivity contribution >= 4 is 11.6 Å². The molecule has 1 aliphatic heterocycles. The van der Waals surface area contributed by atoms with Crippen LogP contribution in [0, 0.1) is 0 Å². The number of amides is 1. The summed E-state index contributed by atoms with van der Waals surface area (Å²) in [6, 6.07) is 11.5. The maximum absolute atomic E-state index is 12.4. The zero-order valence-corrected chi connectivity index (χ0v) is 12.1. The van der Waals surface area contributed by atoms with E-state index in [1.165, 1.54) is 5.56 Å². The average molecular weight is 281 g/mol. The highest BCUT2D eigenvalue weighted by atomic mass is 16.1. The number of carbonyl (C=O) groups is 1. The first-order valence-electron chi connectivity index (χ1n) is 7.32. The van der Waals surface area contributed by atoms with Crippen LogP contribution in [-0.2, 0) is 6.42 Å². The molecule has 0 unspecified atom stereocenters. The van der Waals surface area contributed by atoms with E-state index in [-0.39, 0.29) is 11.9 Å². The lowest BCUT2D eigenvalue weighted by molar-refractivity contribution is 0.0939. The van der Waals surface area contributed by atoms with Crippen LogP contribution < -0.4 is 10.6 Å². The summed E-state index contributed by atoms with van der Waals surface area (Å²) in [6.07, 6.45) is 3.88. The molecule has 4 nitrogen and oxygen atoms in total. The van der Waals surface area contributed by atoms with E-state index in [9.17, 15) is 4.79 Å². The molecular weight excluding hydrogens is 262 g/mol. The number of rotatable bonds is 3. The lowest BCUT2D eigenvalue weighted by Crippen LogP contribution is -2.27. The van der Waals surface area contributed by atoms with Gasteiger partial charge >= 0.3 is 0 Å². The lowest BCUT2D eigenvalue weighted by Gasteiger charge is -2.19. The number of anilines is 1. The first-order chi connectivity index (χ1) is 10.2. The smallest absolute Gasteiger partial charge is 0.251 e. The van der Waals surface area contributed by atoms with Crippen LogP contribution in [0.15, 0.2) is 42.6 Å². The summed E-state index contributed by atoms with van der Waals surface area (Å²) in [6.45, 7) is 2.95. The van der Waals surface area contributed by atoms with Gasteiger partial charge in [-0.1, -0.05) is 6.07 Å². The van der Waals surface area contributed by atoms with Crippen molar-refractivity contribution < 1.29 is 4.79 Å². The van der Waals surface area contributed by atoms with Crippen molar-refractivity contribution in [3.8, 4) is 0 Å². The Morgan fingerprint density at radius 1 is 1.33 bits per heavy atom. The van der Waals surface area contributed by atoms with E-state index in [1.54, 1.807) is 6.20 Å². The molecule has 0 aliphatic carbocycles. The third kappa shape index (κ3) is 3.05. The van der Waals surface area contributed by atoms with E-state index < -0.39 is 0 Å². The summed E-state index contributed by atoms with van der Waals surface area (Å²) >= 11 is 0. The van der Waals surface area contributed by atoms with Gasteiger partial charge in [-0.2, -0.15) is 0 Å². The van der Waals surface area contributed by atoms with Gasteiger partial charge < -0.3 is 10.6 Å². The minimum Gasteiger partial charge on any atom is -0.385 e. The molecule has 0 saturated heterocycles. The first kappa shape index (κ1) is 13.6. The molecule has 0 radical (unpaired) electrons. The summed E-state index contributed by atoms with van der Waals surface area (Å²) in [5, 5.41) is 6.35. The van der Waals surface area contributed by atoms with Gasteiger partial charge in [-0.25, -0.2) is 0 Å². The molecule has 0 spiro atoms. The molecule has 3 rings (SSSR count). The summed E-state index contributed by atoms with van der Waals surface area (Å²) in [7, 11) is 0. The second kappa shape index (κ2) is 5.95. The average Bonchev–Trinajstić information content (AvgIpc) is 2.55. The van der Waals surface area contributed by atoms with Gasteiger partial charge in [0.1, 0.15) is 0 Å². The van der Waals surface area contributed by atoms with Crippen molar-refractivity contribution in [1.29, 1.82) is 0 Å². The molecule has 0 fully saturated rings. The van der Waals surface area contributed by atoms with Crippen LogP contribution in [0.5, 0.6) is 0 Å². The van der Waals surface area contributed by atoms with Crippen LogP contribution in [0.3, 0.4) is 0 Å². The SMILES string of the molecule is C[C@@H](NC(=O)c1ccc2c(c1)CCCN2)c1ccccn1. The van der Waals surface area contributed by atoms with Crippen molar-refractivity contribution in [3.05, 3.63) is 59.4 Å². The Balaban J connectivity index is 1.73. The third-order valence-electron chi connectivity index (χ3n) is 3.78. The number of hydrogen-bond acceptors (Lipinski definition) is 3. The number of hydrogen-bond donors (Lipinski definition) is 2. The van der Waals surface area contributed by atoms with Crippen LogP contribution in [-0.4, -0.2) is 17.4 Å². The van der Waals surface area contributed by atoms with Crippen LogP contribution in [0.4, 0.5) is 5.69 Å². The Bertz CT molecular complexity index is 640. The molecule has 1 aliphatic rings. The van der Waals surface area contributed by atoms with Gasteiger partial charge in [-0.05, 0) is 55.7 Å². The highest BCUT2D eigenvalue weighted by molar-refractivity contribution is 5.95. The lowest BCUT2D eigenvalue weighted by atomic mass is 10.0. The van der Waals surface area contributed by atoms with E-state index in [2.05, 4.69) is 15.6 Å². The van der Waals surface area contributed by atoms with Crippen molar-refractivity contribution in [2.24, 2.45) is 0 Å². The monoisotopic (exact) mass is 281 g/mol. The first-order valence-corrected chi connectivity index (χ1v) is 7.32. The van der Waals surface area contributed by atoms with Gasteiger partial charge in [0, 0.05) is 24.0 Å². The van der Waals surface area contributed by atoms with Crippen molar-refractivity contribution in [2.45, 2.75) is 25.8 Å². The largest absolute Gasteiger partial charge is 0.385 e. The minimum absolute atomic E-state index is 0.0541. The summed E-state index contributed by atoms with van der Waals surface area (Å²) in [5.41, 5.74) is 3.95. The molecule has 0 saturated carbocycles. The number of carbonyl (C=O) groups excluding carboxylic acids is 1. The molecule has 1 aromatic carbocycles. The van der Waals surface area contributed by atoms with Gasteiger partial charge in [0.15, 0.2) is 0 Å². The van der Waals surface area contributed by atoms with E-state index in [0.29, 0.717) is 5.56 Å². The molecule has 4 heteroatoms. The highest BCUT2D eigenvalue weighted by Gasteiger charge is 2.15. The van der Waals surface area contributed by atoms with Crippen LogP contribution in [0.2, 0.25) is 0 Å². The van der Waals surface area contributed by atoms with Crippen molar-refractivity contribution in [1.82, 2.24) is 10.3 Å². The molecule has 0 bridgehead atoms. The van der Waals surface area contributed by atoms with Gasteiger partial charge in [-0.15, -0.1) is 0 Å². The number of benzene rings is 1. The zero-order valence-electron chi connectivity index (χ0n) is 12.1. The fourth-order valence-electron chi connectivity index (χ4n) is 2.60. The number of aromatic nitrogens is 1.